The second-order valence-electron chi connectivity index (χ2n) is 6.01. The molecule has 0 amide bonds. The number of fused-ring (bicyclic) bond motifs is 3. The number of anilines is 1. The van der Waals surface area contributed by atoms with Gasteiger partial charge in [0, 0.05) is 36.8 Å². The molecule has 1 fully saturated rings. The zero-order valence-corrected chi connectivity index (χ0v) is 10.5. The van der Waals surface area contributed by atoms with Crippen LogP contribution in [0.2, 0.25) is 0 Å². The van der Waals surface area contributed by atoms with Crippen molar-refractivity contribution in [3.8, 4) is 0 Å². The van der Waals surface area contributed by atoms with Gasteiger partial charge in [0.1, 0.15) is 0 Å². The van der Waals surface area contributed by atoms with Crippen LogP contribution in [0.5, 0.6) is 0 Å². The van der Waals surface area contributed by atoms with Gasteiger partial charge in [-0.15, -0.1) is 0 Å². The molecule has 1 aromatic rings. The molecule has 90 valence electrons. The SMILES string of the molecule is C[C@]12CCC[C@H]1N1CCNCc3cccc2c31. The minimum atomic E-state index is 0.433. The Balaban J connectivity index is 1.97. The van der Waals surface area contributed by atoms with Crippen LogP contribution in [0.1, 0.15) is 37.3 Å². The number of rotatable bonds is 0. The van der Waals surface area contributed by atoms with Gasteiger partial charge >= 0.3 is 0 Å². The van der Waals surface area contributed by atoms with Crippen molar-refractivity contribution < 1.29 is 0 Å². The lowest BCUT2D eigenvalue weighted by Crippen LogP contribution is -2.41. The van der Waals surface area contributed by atoms with Crippen LogP contribution in [0.25, 0.3) is 0 Å². The predicted octanol–water partition coefficient (Wildman–Crippen LogP) is 2.42. The highest BCUT2D eigenvalue weighted by molar-refractivity contribution is 5.69. The molecule has 2 heterocycles. The van der Waals surface area contributed by atoms with E-state index in [0.29, 0.717) is 5.41 Å². The molecule has 0 radical (unpaired) electrons. The summed E-state index contributed by atoms with van der Waals surface area (Å²) in [5.41, 5.74) is 5.14. The zero-order chi connectivity index (χ0) is 11.5. The number of hydrogen-bond donors (Lipinski definition) is 1. The number of nitrogens with one attached hydrogen (secondary N) is 1. The second kappa shape index (κ2) is 3.26. The summed E-state index contributed by atoms with van der Waals surface area (Å²) < 4.78 is 0. The number of nitrogens with zero attached hydrogens (tertiary/aromatic N) is 1. The van der Waals surface area contributed by atoms with E-state index in [-0.39, 0.29) is 0 Å². The molecular formula is C15H20N2. The third kappa shape index (κ3) is 1.14. The lowest BCUT2D eigenvalue weighted by atomic mass is 9.80. The van der Waals surface area contributed by atoms with Crippen LogP contribution in [-0.2, 0) is 12.0 Å². The van der Waals surface area contributed by atoms with Gasteiger partial charge in [-0.3, -0.25) is 0 Å². The lowest BCUT2D eigenvalue weighted by molar-refractivity contribution is 0.437. The van der Waals surface area contributed by atoms with Gasteiger partial charge in [0.2, 0.25) is 0 Å². The van der Waals surface area contributed by atoms with Crippen LogP contribution in [0, 0.1) is 0 Å². The van der Waals surface area contributed by atoms with Crippen molar-refractivity contribution in [3.05, 3.63) is 29.3 Å². The fourth-order valence-corrected chi connectivity index (χ4v) is 4.34. The third-order valence-electron chi connectivity index (χ3n) is 5.15. The van der Waals surface area contributed by atoms with Crippen LogP contribution in [0.3, 0.4) is 0 Å². The minimum Gasteiger partial charge on any atom is -0.366 e. The molecule has 1 aliphatic carbocycles. The van der Waals surface area contributed by atoms with Gasteiger partial charge < -0.3 is 10.2 Å². The van der Waals surface area contributed by atoms with Crippen LogP contribution in [0.4, 0.5) is 5.69 Å². The molecule has 0 saturated heterocycles. The monoisotopic (exact) mass is 228 g/mol. The Hall–Kier alpha value is -1.02. The van der Waals surface area contributed by atoms with Crippen molar-refractivity contribution in [1.29, 1.82) is 0 Å². The molecule has 2 heteroatoms. The normalized spacial score (nSPS) is 34.4. The summed E-state index contributed by atoms with van der Waals surface area (Å²) in [6, 6.07) is 7.70. The summed E-state index contributed by atoms with van der Waals surface area (Å²) in [6.45, 7) is 5.84. The van der Waals surface area contributed by atoms with Crippen molar-refractivity contribution in [3.63, 3.8) is 0 Å². The molecule has 2 nitrogen and oxygen atoms in total. The molecule has 0 bridgehead atoms. The highest BCUT2D eigenvalue weighted by Gasteiger charge is 2.50. The predicted molar refractivity (Wildman–Crippen MR) is 70.5 cm³/mol. The summed E-state index contributed by atoms with van der Waals surface area (Å²) in [5, 5.41) is 3.55. The van der Waals surface area contributed by atoms with Crippen molar-refractivity contribution in [2.45, 2.75) is 44.2 Å². The van der Waals surface area contributed by atoms with E-state index in [1.54, 1.807) is 11.3 Å². The summed E-state index contributed by atoms with van der Waals surface area (Å²) in [4.78, 5) is 2.71. The summed E-state index contributed by atoms with van der Waals surface area (Å²) >= 11 is 0. The van der Waals surface area contributed by atoms with E-state index in [9.17, 15) is 0 Å². The quantitative estimate of drug-likeness (QED) is 0.733. The maximum absolute atomic E-state index is 3.55. The molecule has 0 spiro atoms. The van der Waals surface area contributed by atoms with E-state index >= 15 is 0 Å². The van der Waals surface area contributed by atoms with Gasteiger partial charge in [-0.05, 0) is 24.0 Å². The van der Waals surface area contributed by atoms with Gasteiger partial charge in [-0.2, -0.15) is 0 Å². The highest BCUT2D eigenvalue weighted by atomic mass is 15.2. The van der Waals surface area contributed by atoms with E-state index < -0.39 is 0 Å². The van der Waals surface area contributed by atoms with Gasteiger partial charge in [-0.25, -0.2) is 0 Å². The van der Waals surface area contributed by atoms with Crippen molar-refractivity contribution >= 4 is 5.69 Å². The molecule has 4 rings (SSSR count). The van der Waals surface area contributed by atoms with Gasteiger partial charge in [0.05, 0.1) is 0 Å². The third-order valence-corrected chi connectivity index (χ3v) is 5.15. The molecule has 3 aliphatic rings. The summed E-state index contributed by atoms with van der Waals surface area (Å²) in [5.74, 6) is 0. The Morgan fingerprint density at radius 1 is 1.41 bits per heavy atom. The first kappa shape index (κ1) is 9.95. The molecule has 2 atom stereocenters. The lowest BCUT2D eigenvalue weighted by Gasteiger charge is -2.30. The molecular weight excluding hydrogens is 208 g/mol. The van der Waals surface area contributed by atoms with Crippen molar-refractivity contribution in [2.24, 2.45) is 0 Å². The zero-order valence-electron chi connectivity index (χ0n) is 10.5. The molecule has 2 aliphatic heterocycles. The van der Waals surface area contributed by atoms with Crippen LogP contribution < -0.4 is 10.2 Å². The Labute approximate surface area is 103 Å². The number of benzene rings is 1. The Morgan fingerprint density at radius 3 is 3.29 bits per heavy atom. The summed E-state index contributed by atoms with van der Waals surface area (Å²) in [6.07, 6.45) is 4.15. The van der Waals surface area contributed by atoms with Crippen LogP contribution in [0.15, 0.2) is 18.2 Å². The molecule has 1 N–H and O–H groups in total. The molecule has 1 saturated carbocycles. The van der Waals surface area contributed by atoms with E-state index in [0.717, 1.165) is 19.1 Å². The Bertz CT molecular complexity index is 468. The first-order chi connectivity index (χ1) is 8.31. The first-order valence-corrected chi connectivity index (χ1v) is 6.90. The van der Waals surface area contributed by atoms with Crippen molar-refractivity contribution in [2.75, 3.05) is 18.0 Å². The molecule has 1 aromatic carbocycles. The smallest absolute Gasteiger partial charge is 0.0454 e. The first-order valence-electron chi connectivity index (χ1n) is 6.90. The van der Waals surface area contributed by atoms with Crippen molar-refractivity contribution in [1.82, 2.24) is 5.32 Å². The molecule has 0 aromatic heterocycles. The average Bonchev–Trinajstić information content (AvgIpc) is 2.72. The number of hydrogen-bond acceptors (Lipinski definition) is 2. The van der Waals surface area contributed by atoms with E-state index in [2.05, 4.69) is 35.3 Å². The maximum atomic E-state index is 3.55. The topological polar surface area (TPSA) is 15.3 Å². The van der Waals surface area contributed by atoms with E-state index in [4.69, 9.17) is 0 Å². The van der Waals surface area contributed by atoms with E-state index in [1.807, 2.05) is 0 Å². The Kier molecular flexibility index (Phi) is 1.91. The molecule has 17 heavy (non-hydrogen) atoms. The standard InChI is InChI=1S/C15H20N2/c1-15-7-3-6-13(15)17-9-8-16-10-11-4-2-5-12(15)14(11)17/h2,4-5,13,16H,3,6-10H2,1H3/t13-,15-/m1/s1. The fraction of sp³-hybridized carbons (Fsp3) is 0.600. The summed E-state index contributed by atoms with van der Waals surface area (Å²) in [7, 11) is 0. The van der Waals surface area contributed by atoms with Gasteiger partial charge in [0.25, 0.3) is 0 Å². The fourth-order valence-electron chi connectivity index (χ4n) is 4.34. The van der Waals surface area contributed by atoms with Gasteiger partial charge in [-0.1, -0.05) is 31.5 Å². The minimum absolute atomic E-state index is 0.433. The van der Waals surface area contributed by atoms with E-state index in [1.165, 1.54) is 31.4 Å². The average molecular weight is 228 g/mol. The van der Waals surface area contributed by atoms with Crippen LogP contribution in [-0.4, -0.2) is 19.1 Å². The maximum Gasteiger partial charge on any atom is 0.0454 e. The van der Waals surface area contributed by atoms with Crippen LogP contribution >= 0.6 is 0 Å². The van der Waals surface area contributed by atoms with Gasteiger partial charge in [0.15, 0.2) is 0 Å². The molecule has 0 unspecified atom stereocenters. The second-order valence-corrected chi connectivity index (χ2v) is 6.01. The highest BCUT2D eigenvalue weighted by Crippen LogP contribution is 2.54. The largest absolute Gasteiger partial charge is 0.366 e. The Morgan fingerprint density at radius 2 is 2.35 bits per heavy atom. The number of para-hydroxylation sites is 1.